The Morgan fingerprint density at radius 2 is 2.06 bits per heavy atom. The van der Waals surface area contributed by atoms with Gasteiger partial charge in [-0.1, -0.05) is 18.2 Å². The van der Waals surface area contributed by atoms with E-state index >= 15 is 0 Å². The van der Waals surface area contributed by atoms with Crippen LogP contribution in [0.3, 0.4) is 0 Å². The van der Waals surface area contributed by atoms with E-state index in [0.717, 1.165) is 36.2 Å². The summed E-state index contributed by atoms with van der Waals surface area (Å²) in [6.07, 6.45) is 3.69. The highest BCUT2D eigenvalue weighted by Gasteiger charge is 2.19. The molecule has 90 valence electrons. The van der Waals surface area contributed by atoms with Crippen molar-refractivity contribution in [1.29, 1.82) is 0 Å². The number of amides is 1. The summed E-state index contributed by atoms with van der Waals surface area (Å²) in [7, 11) is 0. The van der Waals surface area contributed by atoms with E-state index in [-0.39, 0.29) is 11.8 Å². The van der Waals surface area contributed by atoms with Crippen LogP contribution in [0.4, 0.5) is 5.69 Å². The van der Waals surface area contributed by atoms with Crippen LogP contribution in [0.5, 0.6) is 0 Å². The average Bonchev–Trinajstić information content (AvgIpc) is 2.35. The summed E-state index contributed by atoms with van der Waals surface area (Å²) in [5.41, 5.74) is 3.15. The summed E-state index contributed by atoms with van der Waals surface area (Å²) in [6, 6.07) is 6.03. The van der Waals surface area contributed by atoms with Gasteiger partial charge in [-0.15, -0.1) is 0 Å². The summed E-state index contributed by atoms with van der Waals surface area (Å²) in [5, 5.41) is 3.02. The molecule has 1 N–H and O–H groups in total. The smallest absolute Gasteiger partial charge is 0.232 e. The first-order chi connectivity index (χ1) is 8.18. The normalized spacial score (nSPS) is 19.1. The second kappa shape index (κ2) is 5.13. The minimum absolute atomic E-state index is 0.0610. The molecule has 1 aromatic rings. The van der Waals surface area contributed by atoms with Gasteiger partial charge in [0.1, 0.15) is 0 Å². The fourth-order valence-electron chi connectivity index (χ4n) is 2.11. The lowest BCUT2D eigenvalue weighted by Gasteiger charge is -2.17. The number of benzene rings is 1. The van der Waals surface area contributed by atoms with E-state index in [2.05, 4.69) is 10.3 Å². The molecule has 0 spiro atoms. The van der Waals surface area contributed by atoms with Crippen LogP contribution in [0.25, 0.3) is 0 Å². The van der Waals surface area contributed by atoms with Gasteiger partial charge in [0.2, 0.25) is 5.91 Å². The predicted molar refractivity (Wildman–Crippen MR) is 70.6 cm³/mol. The molecule has 1 atom stereocenters. The number of rotatable bonds is 2. The lowest BCUT2D eigenvalue weighted by molar-refractivity contribution is -0.118. The number of aliphatic imine (C=N–C) groups is 1. The highest BCUT2D eigenvalue weighted by atomic mass is 16.1. The zero-order valence-electron chi connectivity index (χ0n) is 10.4. The second-order valence-electron chi connectivity index (χ2n) is 4.56. The van der Waals surface area contributed by atoms with E-state index in [9.17, 15) is 4.79 Å². The minimum atomic E-state index is -0.0669. The SMILES string of the molecule is Cc1cccc(C)c1NC(=O)C1C=NCCC1. The maximum absolute atomic E-state index is 12.1. The largest absolute Gasteiger partial charge is 0.325 e. The molecule has 1 aromatic carbocycles. The van der Waals surface area contributed by atoms with Gasteiger partial charge in [0.05, 0.1) is 5.92 Å². The van der Waals surface area contributed by atoms with E-state index in [1.165, 1.54) is 0 Å². The van der Waals surface area contributed by atoms with Crippen LogP contribution >= 0.6 is 0 Å². The fourth-order valence-corrected chi connectivity index (χ4v) is 2.11. The molecule has 1 aliphatic rings. The maximum Gasteiger partial charge on any atom is 0.232 e. The van der Waals surface area contributed by atoms with Gasteiger partial charge in [0.25, 0.3) is 0 Å². The third kappa shape index (κ3) is 2.73. The van der Waals surface area contributed by atoms with Crippen molar-refractivity contribution in [2.75, 3.05) is 11.9 Å². The van der Waals surface area contributed by atoms with Gasteiger partial charge in [0.15, 0.2) is 0 Å². The van der Waals surface area contributed by atoms with Crippen molar-refractivity contribution < 1.29 is 4.79 Å². The van der Waals surface area contributed by atoms with Gasteiger partial charge >= 0.3 is 0 Å². The summed E-state index contributed by atoms with van der Waals surface area (Å²) in [6.45, 7) is 4.88. The van der Waals surface area contributed by atoms with Crippen LogP contribution in [0, 0.1) is 19.8 Å². The lowest BCUT2D eigenvalue weighted by atomic mass is 10.0. The van der Waals surface area contributed by atoms with E-state index in [1.807, 2.05) is 32.0 Å². The van der Waals surface area contributed by atoms with Crippen molar-refractivity contribution in [2.45, 2.75) is 26.7 Å². The van der Waals surface area contributed by atoms with Crippen molar-refractivity contribution in [3.05, 3.63) is 29.3 Å². The van der Waals surface area contributed by atoms with Crippen molar-refractivity contribution in [3.63, 3.8) is 0 Å². The summed E-state index contributed by atoms with van der Waals surface area (Å²) in [5.74, 6) is -0.00592. The molecule has 0 aliphatic carbocycles. The average molecular weight is 230 g/mol. The van der Waals surface area contributed by atoms with E-state index < -0.39 is 0 Å². The third-order valence-electron chi connectivity index (χ3n) is 3.15. The zero-order chi connectivity index (χ0) is 12.3. The van der Waals surface area contributed by atoms with E-state index in [0.29, 0.717) is 0 Å². The fraction of sp³-hybridized carbons (Fsp3) is 0.429. The van der Waals surface area contributed by atoms with Crippen molar-refractivity contribution in [1.82, 2.24) is 0 Å². The molecule has 0 fully saturated rings. The molecule has 1 amide bonds. The maximum atomic E-state index is 12.1. The number of hydrogen-bond donors (Lipinski definition) is 1. The number of anilines is 1. The third-order valence-corrected chi connectivity index (χ3v) is 3.15. The molecule has 3 heteroatoms. The van der Waals surface area contributed by atoms with Crippen LogP contribution in [-0.4, -0.2) is 18.7 Å². The Labute approximate surface area is 102 Å². The Morgan fingerprint density at radius 3 is 2.65 bits per heavy atom. The molecule has 2 rings (SSSR count). The van der Waals surface area contributed by atoms with E-state index in [4.69, 9.17) is 0 Å². The molecule has 0 bridgehead atoms. The van der Waals surface area contributed by atoms with Crippen LogP contribution in [-0.2, 0) is 4.79 Å². The first kappa shape index (κ1) is 11.8. The molecule has 0 aromatic heterocycles. The van der Waals surface area contributed by atoms with Crippen LogP contribution in [0.15, 0.2) is 23.2 Å². The van der Waals surface area contributed by atoms with Crippen LogP contribution in [0.1, 0.15) is 24.0 Å². The molecule has 1 heterocycles. The molecule has 1 aliphatic heterocycles. The van der Waals surface area contributed by atoms with E-state index in [1.54, 1.807) is 6.21 Å². The molecule has 17 heavy (non-hydrogen) atoms. The van der Waals surface area contributed by atoms with Crippen molar-refractivity contribution >= 4 is 17.8 Å². The van der Waals surface area contributed by atoms with Crippen molar-refractivity contribution in [3.8, 4) is 0 Å². The monoisotopic (exact) mass is 230 g/mol. The first-order valence-corrected chi connectivity index (χ1v) is 6.05. The van der Waals surface area contributed by atoms with Gasteiger partial charge in [-0.05, 0) is 37.8 Å². The molecule has 0 saturated heterocycles. The van der Waals surface area contributed by atoms with Crippen LogP contribution in [0.2, 0.25) is 0 Å². The second-order valence-corrected chi connectivity index (χ2v) is 4.56. The number of carbonyl (C=O) groups excluding carboxylic acids is 1. The Kier molecular flexibility index (Phi) is 3.57. The lowest BCUT2D eigenvalue weighted by Crippen LogP contribution is -2.26. The minimum Gasteiger partial charge on any atom is -0.325 e. The summed E-state index contributed by atoms with van der Waals surface area (Å²) < 4.78 is 0. The quantitative estimate of drug-likeness (QED) is 0.834. The highest BCUT2D eigenvalue weighted by Crippen LogP contribution is 2.21. The topological polar surface area (TPSA) is 41.5 Å². The number of para-hydroxylation sites is 1. The molecule has 1 unspecified atom stereocenters. The number of nitrogens with zero attached hydrogens (tertiary/aromatic N) is 1. The number of nitrogens with one attached hydrogen (secondary N) is 1. The Morgan fingerprint density at radius 1 is 1.35 bits per heavy atom. The summed E-state index contributed by atoms with van der Waals surface area (Å²) in [4.78, 5) is 16.2. The van der Waals surface area contributed by atoms with Crippen molar-refractivity contribution in [2.24, 2.45) is 10.9 Å². The molecule has 0 radical (unpaired) electrons. The van der Waals surface area contributed by atoms with Gasteiger partial charge in [0, 0.05) is 18.4 Å². The number of aryl methyl sites for hydroxylation is 2. The molecular formula is C14H18N2O. The first-order valence-electron chi connectivity index (χ1n) is 6.05. The Balaban J connectivity index is 2.12. The number of hydrogen-bond acceptors (Lipinski definition) is 2. The Hall–Kier alpha value is -1.64. The van der Waals surface area contributed by atoms with Gasteiger partial charge in [-0.3, -0.25) is 9.79 Å². The number of carbonyl (C=O) groups is 1. The predicted octanol–water partition coefficient (Wildman–Crippen LogP) is 2.72. The summed E-state index contributed by atoms with van der Waals surface area (Å²) >= 11 is 0. The van der Waals surface area contributed by atoms with Gasteiger partial charge in [-0.25, -0.2) is 0 Å². The van der Waals surface area contributed by atoms with Crippen LogP contribution < -0.4 is 5.32 Å². The Bertz CT molecular complexity index is 431. The van der Waals surface area contributed by atoms with Gasteiger partial charge in [-0.2, -0.15) is 0 Å². The molecule has 0 saturated carbocycles. The molecular weight excluding hydrogens is 212 g/mol. The molecule has 3 nitrogen and oxygen atoms in total. The zero-order valence-corrected chi connectivity index (χ0v) is 10.4. The highest BCUT2D eigenvalue weighted by molar-refractivity contribution is 6.02. The standard InChI is InChI=1S/C14H18N2O/c1-10-5-3-6-11(2)13(10)16-14(17)12-7-4-8-15-9-12/h3,5-6,9,12H,4,7-8H2,1-2H3,(H,16,17). The van der Waals surface area contributed by atoms with Gasteiger partial charge < -0.3 is 5.32 Å².